The predicted octanol–water partition coefficient (Wildman–Crippen LogP) is 4.02. The van der Waals surface area contributed by atoms with Gasteiger partial charge in [0.15, 0.2) is 5.43 Å². The lowest BCUT2D eigenvalue weighted by atomic mass is 9.99. The van der Waals surface area contributed by atoms with Crippen LogP contribution in [0.5, 0.6) is 5.75 Å². The zero-order valence-corrected chi connectivity index (χ0v) is 15.0. The van der Waals surface area contributed by atoms with Crippen molar-refractivity contribution in [3.8, 4) is 5.75 Å². The molecule has 1 amide bonds. The lowest BCUT2D eigenvalue weighted by Crippen LogP contribution is -2.25. The first-order valence-corrected chi connectivity index (χ1v) is 8.65. The third-order valence-electron chi connectivity index (χ3n) is 4.57. The summed E-state index contributed by atoms with van der Waals surface area (Å²) in [5.41, 5.74) is 1.28. The number of nitrogens with zero attached hydrogens (tertiary/aromatic N) is 1. The minimum Gasteiger partial charge on any atom is -0.494 e. The van der Waals surface area contributed by atoms with Gasteiger partial charge in [-0.05, 0) is 42.8 Å². The fraction of sp³-hybridized carbons (Fsp3) is 0.200. The second kappa shape index (κ2) is 6.18. The third kappa shape index (κ3) is 2.47. The van der Waals surface area contributed by atoms with Gasteiger partial charge >= 0.3 is 0 Å². The van der Waals surface area contributed by atoms with Crippen LogP contribution in [0.1, 0.15) is 34.6 Å². The van der Waals surface area contributed by atoms with Gasteiger partial charge in [-0.1, -0.05) is 23.7 Å². The van der Waals surface area contributed by atoms with Gasteiger partial charge in [0.2, 0.25) is 5.76 Å². The summed E-state index contributed by atoms with van der Waals surface area (Å²) in [6.07, 6.45) is 0. The van der Waals surface area contributed by atoms with Crippen molar-refractivity contribution in [3.63, 3.8) is 0 Å². The van der Waals surface area contributed by atoms with Crippen LogP contribution in [0.2, 0.25) is 5.02 Å². The van der Waals surface area contributed by atoms with Gasteiger partial charge in [-0.2, -0.15) is 0 Å². The van der Waals surface area contributed by atoms with Crippen LogP contribution in [0.3, 0.4) is 0 Å². The number of rotatable bonds is 3. The summed E-state index contributed by atoms with van der Waals surface area (Å²) in [4.78, 5) is 27.3. The van der Waals surface area contributed by atoms with Crippen LogP contribution in [0.4, 0.5) is 0 Å². The Balaban J connectivity index is 1.91. The number of carbonyl (C=O) groups is 1. The first kappa shape index (κ1) is 16.7. The normalized spacial score (nSPS) is 16.2. The number of halogens is 1. The van der Waals surface area contributed by atoms with Crippen molar-refractivity contribution in [2.24, 2.45) is 0 Å². The van der Waals surface area contributed by atoms with E-state index in [1.165, 1.54) is 4.90 Å². The Hall–Kier alpha value is -2.79. The maximum Gasteiger partial charge on any atom is 0.290 e. The van der Waals surface area contributed by atoms with Gasteiger partial charge in [0.25, 0.3) is 5.91 Å². The molecule has 1 atom stereocenters. The van der Waals surface area contributed by atoms with E-state index in [1.807, 2.05) is 31.2 Å². The molecule has 6 heteroatoms. The van der Waals surface area contributed by atoms with Crippen LogP contribution in [0, 0.1) is 0 Å². The van der Waals surface area contributed by atoms with Crippen molar-refractivity contribution < 1.29 is 13.9 Å². The summed E-state index contributed by atoms with van der Waals surface area (Å²) < 4.78 is 11.2. The minimum absolute atomic E-state index is 0.0891. The van der Waals surface area contributed by atoms with Gasteiger partial charge in [0.05, 0.1) is 23.6 Å². The van der Waals surface area contributed by atoms with Crippen molar-refractivity contribution >= 4 is 28.5 Å². The molecule has 1 aliphatic rings. The molecule has 2 aromatic carbocycles. The van der Waals surface area contributed by atoms with Crippen molar-refractivity contribution in [2.75, 3.05) is 13.7 Å². The number of hydrogen-bond acceptors (Lipinski definition) is 4. The summed E-state index contributed by atoms with van der Waals surface area (Å²) in [5, 5.41) is 0.815. The molecule has 0 saturated heterocycles. The van der Waals surface area contributed by atoms with Gasteiger partial charge < -0.3 is 14.1 Å². The van der Waals surface area contributed by atoms with Crippen molar-refractivity contribution in [2.45, 2.75) is 13.0 Å². The highest BCUT2D eigenvalue weighted by atomic mass is 35.5. The lowest BCUT2D eigenvalue weighted by molar-refractivity contribution is 0.0771. The van der Waals surface area contributed by atoms with Crippen molar-refractivity contribution in [1.82, 2.24) is 4.90 Å². The number of carbonyl (C=O) groups excluding carboxylic acids is 1. The molecule has 0 saturated carbocycles. The molecule has 0 bridgehead atoms. The largest absolute Gasteiger partial charge is 0.494 e. The molecule has 0 fully saturated rings. The van der Waals surface area contributed by atoms with Crippen LogP contribution in [-0.4, -0.2) is 24.5 Å². The van der Waals surface area contributed by atoms with E-state index in [2.05, 4.69) is 0 Å². The number of fused-ring (bicyclic) bond motifs is 2. The fourth-order valence-electron chi connectivity index (χ4n) is 3.36. The van der Waals surface area contributed by atoms with Crippen LogP contribution in [-0.2, 0) is 0 Å². The van der Waals surface area contributed by atoms with E-state index in [0.29, 0.717) is 28.2 Å². The first-order chi connectivity index (χ1) is 12.5. The van der Waals surface area contributed by atoms with Gasteiger partial charge in [0.1, 0.15) is 11.3 Å². The zero-order chi connectivity index (χ0) is 18.4. The average molecular weight is 370 g/mol. The lowest BCUT2D eigenvalue weighted by Gasteiger charge is -2.20. The second-order valence-electron chi connectivity index (χ2n) is 6.14. The molecular weight excluding hydrogens is 354 g/mol. The summed E-state index contributed by atoms with van der Waals surface area (Å²) >= 11 is 6.03. The van der Waals surface area contributed by atoms with Gasteiger partial charge in [0, 0.05) is 12.1 Å². The maximum atomic E-state index is 13.1. The SMILES string of the molecule is CCOc1ccc([C@@H]2c3c(oc4ccc(Cl)cc4c3=O)C(=O)N2C)cc1. The fourth-order valence-corrected chi connectivity index (χ4v) is 3.54. The summed E-state index contributed by atoms with van der Waals surface area (Å²) in [6, 6.07) is 11.7. The minimum atomic E-state index is -0.507. The Kier molecular flexibility index (Phi) is 3.96. The van der Waals surface area contributed by atoms with E-state index in [4.69, 9.17) is 20.8 Å². The molecule has 0 spiro atoms. The zero-order valence-electron chi connectivity index (χ0n) is 14.3. The Morgan fingerprint density at radius 2 is 1.88 bits per heavy atom. The summed E-state index contributed by atoms with van der Waals surface area (Å²) in [6.45, 7) is 2.48. The molecule has 0 radical (unpaired) electrons. The third-order valence-corrected chi connectivity index (χ3v) is 4.80. The average Bonchev–Trinajstić information content (AvgIpc) is 2.89. The van der Waals surface area contributed by atoms with E-state index < -0.39 is 6.04 Å². The first-order valence-electron chi connectivity index (χ1n) is 8.27. The number of benzene rings is 2. The molecule has 2 heterocycles. The van der Waals surface area contributed by atoms with Gasteiger partial charge in [-0.15, -0.1) is 0 Å². The van der Waals surface area contributed by atoms with E-state index in [9.17, 15) is 9.59 Å². The highest BCUT2D eigenvalue weighted by Gasteiger charge is 2.40. The molecule has 26 heavy (non-hydrogen) atoms. The predicted molar refractivity (Wildman–Crippen MR) is 99.0 cm³/mol. The van der Waals surface area contributed by atoms with E-state index in [1.54, 1.807) is 25.2 Å². The van der Waals surface area contributed by atoms with Crippen LogP contribution >= 0.6 is 11.6 Å². The summed E-state index contributed by atoms with van der Waals surface area (Å²) in [5.74, 6) is 0.514. The van der Waals surface area contributed by atoms with Gasteiger partial charge in [-0.3, -0.25) is 9.59 Å². The molecule has 0 N–H and O–H groups in total. The highest BCUT2D eigenvalue weighted by Crippen LogP contribution is 2.37. The van der Waals surface area contributed by atoms with Crippen molar-refractivity contribution in [3.05, 3.63) is 74.6 Å². The Bertz CT molecular complexity index is 1070. The standard InChI is InChI=1S/C20H16ClNO4/c1-3-25-13-7-4-11(5-8-13)17-16-18(23)14-10-12(21)6-9-15(14)26-19(16)20(24)22(17)2/h4-10,17H,3H2,1-2H3/t17-/m1/s1. The molecule has 1 aliphatic heterocycles. The van der Waals surface area contributed by atoms with E-state index in [0.717, 1.165) is 11.3 Å². The van der Waals surface area contributed by atoms with Crippen LogP contribution < -0.4 is 10.2 Å². The molecule has 5 nitrogen and oxygen atoms in total. The topological polar surface area (TPSA) is 59.8 Å². The Labute approximate surface area is 154 Å². The van der Waals surface area contributed by atoms with E-state index in [-0.39, 0.29) is 17.1 Å². The molecule has 3 aromatic rings. The highest BCUT2D eigenvalue weighted by molar-refractivity contribution is 6.31. The Morgan fingerprint density at radius 1 is 1.15 bits per heavy atom. The number of amides is 1. The second-order valence-corrected chi connectivity index (χ2v) is 6.57. The molecule has 0 unspecified atom stereocenters. The van der Waals surface area contributed by atoms with Crippen molar-refractivity contribution in [1.29, 1.82) is 0 Å². The van der Waals surface area contributed by atoms with Crippen LogP contribution in [0.15, 0.2) is 51.7 Å². The molecule has 1 aromatic heterocycles. The number of ether oxygens (including phenoxy) is 1. The maximum absolute atomic E-state index is 13.1. The molecule has 0 aliphatic carbocycles. The number of hydrogen-bond donors (Lipinski definition) is 0. The van der Waals surface area contributed by atoms with Gasteiger partial charge in [-0.25, -0.2) is 0 Å². The molecule has 132 valence electrons. The molecular formula is C20H16ClNO4. The summed E-state index contributed by atoms with van der Waals surface area (Å²) in [7, 11) is 1.66. The monoisotopic (exact) mass is 369 g/mol. The quantitative estimate of drug-likeness (QED) is 0.699. The Morgan fingerprint density at radius 3 is 2.58 bits per heavy atom. The van der Waals surface area contributed by atoms with E-state index >= 15 is 0 Å². The molecule has 4 rings (SSSR count). The van der Waals surface area contributed by atoms with Crippen LogP contribution in [0.25, 0.3) is 11.0 Å². The smallest absolute Gasteiger partial charge is 0.290 e.